The molecule has 2 aromatic rings. The third-order valence-corrected chi connectivity index (χ3v) is 3.90. The van der Waals surface area contributed by atoms with Crippen LogP contribution in [-0.4, -0.2) is 23.7 Å². The summed E-state index contributed by atoms with van der Waals surface area (Å²) < 4.78 is 18.7. The van der Waals surface area contributed by atoms with E-state index >= 15 is 0 Å². The molecule has 8 heteroatoms. The molecule has 0 aliphatic rings. The number of thiophene rings is 1. The van der Waals surface area contributed by atoms with E-state index < -0.39 is 22.0 Å². The molecule has 22 heavy (non-hydrogen) atoms. The fourth-order valence-electron chi connectivity index (χ4n) is 1.95. The highest BCUT2D eigenvalue weighted by atomic mass is 32.1. The van der Waals surface area contributed by atoms with E-state index in [9.17, 15) is 19.6 Å². The van der Waals surface area contributed by atoms with E-state index in [4.69, 9.17) is 4.74 Å². The highest BCUT2D eigenvalue weighted by molar-refractivity contribution is 7.08. The molecule has 0 saturated heterocycles. The summed E-state index contributed by atoms with van der Waals surface area (Å²) in [5.74, 6) is -0.845. The first-order valence-electron chi connectivity index (χ1n) is 6.36. The minimum atomic E-state index is -1.24. The zero-order valence-corrected chi connectivity index (χ0v) is 12.8. The highest BCUT2D eigenvalue weighted by Crippen LogP contribution is 2.33. The minimum absolute atomic E-state index is 0.0167. The van der Waals surface area contributed by atoms with Gasteiger partial charge in [0, 0.05) is 18.7 Å². The third kappa shape index (κ3) is 3.34. The lowest BCUT2D eigenvalue weighted by Crippen LogP contribution is -2.30. The summed E-state index contributed by atoms with van der Waals surface area (Å²) in [5.41, 5.74) is -1.29. The maximum atomic E-state index is 13.8. The van der Waals surface area contributed by atoms with E-state index in [1.54, 1.807) is 18.4 Å². The van der Waals surface area contributed by atoms with Gasteiger partial charge in [0.2, 0.25) is 5.82 Å². The molecule has 1 atom stereocenters. The van der Waals surface area contributed by atoms with Gasteiger partial charge in [-0.1, -0.05) is 0 Å². The zero-order valence-electron chi connectivity index (χ0n) is 12.0. The van der Waals surface area contributed by atoms with Gasteiger partial charge in [-0.2, -0.15) is 15.7 Å². The number of halogens is 1. The third-order valence-electron chi connectivity index (χ3n) is 3.22. The second kappa shape index (κ2) is 6.29. The number of nitrogens with zero attached hydrogens (tertiary/aromatic N) is 1. The van der Waals surface area contributed by atoms with Gasteiger partial charge in [0.05, 0.1) is 12.0 Å². The molecule has 0 amide bonds. The normalized spacial score (nSPS) is 13.5. The standard InChI is InChI=1S/C14H15FN2O4S/c1-14(18,9-3-4-22-7-9)8-16-12-6-10(21-2)5-11(15)13(12)17(19)20/h3-7,16,18H,8H2,1-2H3. The van der Waals surface area contributed by atoms with Gasteiger partial charge in [0.15, 0.2) is 0 Å². The molecule has 0 radical (unpaired) electrons. The Kier molecular flexibility index (Phi) is 4.62. The lowest BCUT2D eigenvalue weighted by Gasteiger charge is -2.23. The molecule has 1 aromatic carbocycles. The number of ether oxygens (including phenoxy) is 1. The molecule has 0 bridgehead atoms. The predicted octanol–water partition coefficient (Wildman–Crippen LogP) is 3.12. The van der Waals surface area contributed by atoms with Crippen LogP contribution in [0.2, 0.25) is 0 Å². The minimum Gasteiger partial charge on any atom is -0.497 e. The number of nitro benzene ring substituents is 1. The Labute approximate surface area is 130 Å². The highest BCUT2D eigenvalue weighted by Gasteiger charge is 2.27. The molecule has 1 heterocycles. The van der Waals surface area contributed by atoms with Crippen molar-refractivity contribution < 1.29 is 19.2 Å². The van der Waals surface area contributed by atoms with Crippen LogP contribution in [0.4, 0.5) is 15.8 Å². The first-order chi connectivity index (χ1) is 10.3. The summed E-state index contributed by atoms with van der Waals surface area (Å²) in [7, 11) is 1.34. The van der Waals surface area contributed by atoms with E-state index in [0.29, 0.717) is 5.56 Å². The van der Waals surface area contributed by atoms with Crippen molar-refractivity contribution in [3.63, 3.8) is 0 Å². The Hall–Kier alpha value is -2.19. The van der Waals surface area contributed by atoms with E-state index in [0.717, 1.165) is 6.07 Å². The van der Waals surface area contributed by atoms with Crippen LogP contribution in [0.15, 0.2) is 29.0 Å². The Morgan fingerprint density at radius 1 is 1.55 bits per heavy atom. The Bertz CT molecular complexity index is 674. The van der Waals surface area contributed by atoms with Crippen molar-refractivity contribution >= 4 is 22.7 Å². The number of benzene rings is 1. The topological polar surface area (TPSA) is 84.6 Å². The summed E-state index contributed by atoms with van der Waals surface area (Å²) in [6.45, 7) is 1.56. The lowest BCUT2D eigenvalue weighted by molar-refractivity contribution is -0.386. The van der Waals surface area contributed by atoms with Gasteiger partial charge in [0.1, 0.15) is 17.0 Å². The molecule has 1 aromatic heterocycles. The molecular weight excluding hydrogens is 311 g/mol. The van der Waals surface area contributed by atoms with Crippen LogP contribution in [0.25, 0.3) is 0 Å². The Morgan fingerprint density at radius 3 is 2.82 bits per heavy atom. The monoisotopic (exact) mass is 326 g/mol. The van der Waals surface area contributed by atoms with Crippen molar-refractivity contribution in [3.05, 3.63) is 50.5 Å². The fraction of sp³-hybridized carbons (Fsp3) is 0.286. The van der Waals surface area contributed by atoms with Gasteiger partial charge >= 0.3 is 5.69 Å². The fourth-order valence-corrected chi connectivity index (χ4v) is 2.74. The quantitative estimate of drug-likeness (QED) is 0.629. The van der Waals surface area contributed by atoms with E-state index in [2.05, 4.69) is 5.32 Å². The zero-order chi connectivity index (χ0) is 16.3. The van der Waals surface area contributed by atoms with E-state index in [-0.39, 0.29) is 18.0 Å². The van der Waals surface area contributed by atoms with Crippen molar-refractivity contribution in [3.8, 4) is 5.75 Å². The number of hydrogen-bond donors (Lipinski definition) is 2. The number of anilines is 1. The van der Waals surface area contributed by atoms with Crippen molar-refractivity contribution in [2.45, 2.75) is 12.5 Å². The van der Waals surface area contributed by atoms with Gasteiger partial charge < -0.3 is 15.2 Å². The molecular formula is C14H15FN2O4S. The van der Waals surface area contributed by atoms with Crippen LogP contribution in [-0.2, 0) is 5.60 Å². The molecule has 1 unspecified atom stereocenters. The molecule has 118 valence electrons. The average molecular weight is 326 g/mol. The SMILES string of the molecule is COc1cc(F)c([N+](=O)[O-])c(NCC(C)(O)c2ccsc2)c1. The molecule has 0 saturated carbocycles. The summed E-state index contributed by atoms with van der Waals surface area (Å²) in [4.78, 5) is 10.2. The molecule has 0 aliphatic heterocycles. The number of rotatable bonds is 6. The number of methoxy groups -OCH3 is 1. The summed E-state index contributed by atoms with van der Waals surface area (Å²) >= 11 is 1.43. The molecule has 2 N–H and O–H groups in total. The first kappa shape index (κ1) is 16.2. The lowest BCUT2D eigenvalue weighted by atomic mass is 9.99. The molecule has 0 fully saturated rings. The molecule has 0 spiro atoms. The van der Waals surface area contributed by atoms with E-state index in [1.165, 1.54) is 24.5 Å². The molecule has 2 rings (SSSR count). The predicted molar refractivity (Wildman–Crippen MR) is 82.0 cm³/mol. The van der Waals surface area contributed by atoms with Crippen molar-refractivity contribution in [2.24, 2.45) is 0 Å². The van der Waals surface area contributed by atoms with Gasteiger partial charge in [-0.05, 0) is 29.3 Å². The number of hydrogen-bond acceptors (Lipinski definition) is 6. The van der Waals surface area contributed by atoms with Crippen LogP contribution in [0.3, 0.4) is 0 Å². The van der Waals surface area contributed by atoms with Crippen molar-refractivity contribution in [1.29, 1.82) is 0 Å². The average Bonchev–Trinajstić information content (AvgIpc) is 2.99. The number of nitrogens with one attached hydrogen (secondary N) is 1. The van der Waals surface area contributed by atoms with Crippen LogP contribution in [0.1, 0.15) is 12.5 Å². The van der Waals surface area contributed by atoms with E-state index in [1.807, 2.05) is 5.38 Å². The first-order valence-corrected chi connectivity index (χ1v) is 7.30. The van der Waals surface area contributed by atoms with Crippen LogP contribution in [0.5, 0.6) is 5.75 Å². The van der Waals surface area contributed by atoms with Gasteiger partial charge in [-0.3, -0.25) is 10.1 Å². The van der Waals surface area contributed by atoms with Crippen LogP contribution >= 0.6 is 11.3 Å². The second-order valence-electron chi connectivity index (χ2n) is 4.90. The second-order valence-corrected chi connectivity index (χ2v) is 5.68. The number of aliphatic hydroxyl groups is 1. The summed E-state index contributed by atoms with van der Waals surface area (Å²) in [6, 6.07) is 4.03. The summed E-state index contributed by atoms with van der Waals surface area (Å²) in [6.07, 6.45) is 0. The smallest absolute Gasteiger partial charge is 0.327 e. The molecule has 6 nitrogen and oxygen atoms in total. The largest absolute Gasteiger partial charge is 0.497 e. The van der Waals surface area contributed by atoms with Gasteiger partial charge in [0.25, 0.3) is 0 Å². The van der Waals surface area contributed by atoms with Crippen LogP contribution in [0, 0.1) is 15.9 Å². The maximum Gasteiger partial charge on any atom is 0.327 e. The van der Waals surface area contributed by atoms with Crippen molar-refractivity contribution in [1.82, 2.24) is 0 Å². The Morgan fingerprint density at radius 2 is 2.27 bits per heavy atom. The maximum absolute atomic E-state index is 13.8. The van der Waals surface area contributed by atoms with Gasteiger partial charge in [-0.15, -0.1) is 0 Å². The molecule has 0 aliphatic carbocycles. The number of nitro groups is 1. The van der Waals surface area contributed by atoms with Crippen LogP contribution < -0.4 is 10.1 Å². The summed E-state index contributed by atoms with van der Waals surface area (Å²) in [5, 5.41) is 27.8. The Balaban J connectivity index is 2.29. The van der Waals surface area contributed by atoms with Crippen molar-refractivity contribution in [2.75, 3.05) is 19.0 Å². The van der Waals surface area contributed by atoms with Gasteiger partial charge in [-0.25, -0.2) is 0 Å².